The van der Waals surface area contributed by atoms with Crippen molar-refractivity contribution >= 4 is 64.9 Å². The van der Waals surface area contributed by atoms with Gasteiger partial charge in [0.15, 0.2) is 0 Å². The number of hydrogen-bond acceptors (Lipinski definition) is 0. The Morgan fingerprint density at radius 2 is 0.758 bits per heavy atom. The van der Waals surface area contributed by atoms with Crippen LogP contribution in [0.3, 0.4) is 0 Å². The van der Waals surface area contributed by atoms with Crippen LogP contribution in [0.2, 0.25) is 0 Å². The van der Waals surface area contributed by atoms with Gasteiger partial charge in [-0.3, -0.25) is 0 Å². The summed E-state index contributed by atoms with van der Waals surface area (Å²) in [5.74, 6) is 0. The second-order valence-corrected chi connectivity index (χ2v) is 17.9. The summed E-state index contributed by atoms with van der Waals surface area (Å²) in [5, 5.41) is 12.7. The molecule has 0 amide bonds. The second kappa shape index (κ2) is 14.2. The molecule has 14 rings (SSSR count). The van der Waals surface area contributed by atoms with E-state index in [1.165, 1.54) is 121 Å². The minimum absolute atomic E-state index is 0.511. The molecule has 0 radical (unpaired) electrons. The molecule has 306 valence electrons. The van der Waals surface area contributed by atoms with Crippen molar-refractivity contribution in [2.45, 2.75) is 5.41 Å². The van der Waals surface area contributed by atoms with E-state index in [1.807, 2.05) is 0 Å². The molecule has 0 aliphatic heterocycles. The van der Waals surface area contributed by atoms with Gasteiger partial charge in [0.05, 0.1) is 16.4 Å². The first-order chi connectivity index (χ1) is 32.8. The van der Waals surface area contributed by atoms with Crippen LogP contribution in [0.5, 0.6) is 0 Å². The molecule has 1 heteroatoms. The summed E-state index contributed by atoms with van der Waals surface area (Å²) >= 11 is 0. The summed E-state index contributed by atoms with van der Waals surface area (Å²) in [6.07, 6.45) is 0. The Morgan fingerprint density at radius 3 is 1.42 bits per heavy atom. The number of para-hydroxylation sites is 2. The third kappa shape index (κ3) is 5.11. The fourth-order valence-corrected chi connectivity index (χ4v) is 11.9. The lowest BCUT2D eigenvalue weighted by molar-refractivity contribution is 0.769. The molecule has 66 heavy (non-hydrogen) atoms. The number of hydrogen-bond donors (Lipinski definition) is 0. The number of fused-ring (bicyclic) bond motifs is 13. The molecule has 12 aromatic carbocycles. The summed E-state index contributed by atoms with van der Waals surface area (Å²) in [6.45, 7) is 0. The van der Waals surface area contributed by atoms with Gasteiger partial charge in [0.1, 0.15) is 0 Å². The van der Waals surface area contributed by atoms with E-state index in [4.69, 9.17) is 0 Å². The molecule has 13 aromatic rings. The van der Waals surface area contributed by atoms with Crippen molar-refractivity contribution in [3.63, 3.8) is 0 Å². The fraction of sp³-hybridized carbons (Fsp3) is 0.0154. The Labute approximate surface area is 383 Å². The zero-order chi connectivity index (χ0) is 43.3. The predicted octanol–water partition coefficient (Wildman–Crippen LogP) is 17.1. The molecule has 0 saturated carbocycles. The maximum absolute atomic E-state index is 2.54. The Hall–Kier alpha value is -8.52. The first kappa shape index (κ1) is 36.9. The van der Waals surface area contributed by atoms with Gasteiger partial charge >= 0.3 is 0 Å². The highest BCUT2D eigenvalue weighted by Crippen LogP contribution is 2.57. The number of nitrogens with zero attached hydrogens (tertiary/aromatic N) is 1. The first-order valence-corrected chi connectivity index (χ1v) is 23.0. The molecule has 1 aromatic heterocycles. The molecule has 0 atom stereocenters. The van der Waals surface area contributed by atoms with Crippen LogP contribution in [0.1, 0.15) is 22.3 Å². The van der Waals surface area contributed by atoms with Crippen LogP contribution >= 0.6 is 0 Å². The van der Waals surface area contributed by atoms with E-state index < -0.39 is 5.41 Å². The fourth-order valence-electron chi connectivity index (χ4n) is 11.9. The van der Waals surface area contributed by atoms with Crippen molar-refractivity contribution in [2.24, 2.45) is 0 Å². The smallest absolute Gasteiger partial charge is 0.0713 e. The minimum atomic E-state index is -0.511. The number of benzene rings is 12. The van der Waals surface area contributed by atoms with Gasteiger partial charge in [0.25, 0.3) is 0 Å². The lowest BCUT2D eigenvalue weighted by Crippen LogP contribution is -2.28. The Morgan fingerprint density at radius 1 is 0.273 bits per heavy atom. The van der Waals surface area contributed by atoms with Crippen molar-refractivity contribution in [3.05, 3.63) is 271 Å². The van der Waals surface area contributed by atoms with Crippen LogP contribution in [-0.4, -0.2) is 4.57 Å². The largest absolute Gasteiger partial charge is 0.309 e. The van der Waals surface area contributed by atoms with Gasteiger partial charge in [-0.25, -0.2) is 0 Å². The maximum Gasteiger partial charge on any atom is 0.0713 e. The van der Waals surface area contributed by atoms with Gasteiger partial charge < -0.3 is 4.57 Å². The summed E-state index contributed by atoms with van der Waals surface area (Å²) < 4.78 is 2.40. The van der Waals surface area contributed by atoms with Gasteiger partial charge in [-0.15, -0.1) is 0 Å². The van der Waals surface area contributed by atoms with Crippen LogP contribution in [0.15, 0.2) is 249 Å². The molecule has 1 nitrogen and oxygen atoms in total. The highest BCUT2D eigenvalue weighted by atomic mass is 15.0. The Kier molecular flexibility index (Phi) is 7.97. The van der Waals surface area contributed by atoms with Gasteiger partial charge in [-0.2, -0.15) is 0 Å². The highest BCUT2D eigenvalue weighted by Gasteiger charge is 2.46. The van der Waals surface area contributed by atoms with Gasteiger partial charge in [-0.05, 0) is 135 Å². The van der Waals surface area contributed by atoms with Gasteiger partial charge in [0.2, 0.25) is 0 Å². The molecular formula is C65H41N. The quantitative estimate of drug-likeness (QED) is 0.120. The summed E-state index contributed by atoms with van der Waals surface area (Å²) in [4.78, 5) is 0. The van der Waals surface area contributed by atoms with E-state index in [-0.39, 0.29) is 0 Å². The maximum atomic E-state index is 2.54. The normalized spacial score (nSPS) is 13.0. The van der Waals surface area contributed by atoms with Gasteiger partial charge in [-0.1, -0.05) is 212 Å². The minimum Gasteiger partial charge on any atom is -0.309 e. The Balaban J connectivity index is 1.07. The van der Waals surface area contributed by atoms with E-state index in [2.05, 4.69) is 253 Å². The molecule has 1 aliphatic rings. The monoisotopic (exact) mass is 835 g/mol. The molecule has 0 saturated heterocycles. The molecular weight excluding hydrogens is 795 g/mol. The van der Waals surface area contributed by atoms with E-state index in [0.717, 1.165) is 5.69 Å². The van der Waals surface area contributed by atoms with Crippen molar-refractivity contribution < 1.29 is 0 Å². The predicted molar refractivity (Wildman–Crippen MR) is 279 cm³/mol. The number of aromatic nitrogens is 1. The molecule has 1 heterocycles. The lowest BCUT2D eigenvalue weighted by Gasteiger charge is -2.34. The zero-order valence-corrected chi connectivity index (χ0v) is 36.1. The van der Waals surface area contributed by atoms with Crippen LogP contribution in [0.25, 0.3) is 104 Å². The number of rotatable bonds is 5. The summed E-state index contributed by atoms with van der Waals surface area (Å²) in [6, 6.07) is 92.8. The SMILES string of the molecule is c1ccc(C2(c3ccccc3)c3ccccc3-c3ccc(-c4c5cccc(-c6ccc(-n7c8ccccc8c8ccccc87)cc6)c5cc5c6ccccc6c6ccccc6c45)cc32)cc1. The lowest BCUT2D eigenvalue weighted by atomic mass is 9.67. The Bertz CT molecular complexity index is 3990. The van der Waals surface area contributed by atoms with E-state index in [0.29, 0.717) is 0 Å². The molecule has 1 aliphatic carbocycles. The average Bonchev–Trinajstić information content (AvgIpc) is 3.89. The average molecular weight is 836 g/mol. The molecule has 0 fully saturated rings. The van der Waals surface area contributed by atoms with Crippen molar-refractivity contribution in [2.75, 3.05) is 0 Å². The van der Waals surface area contributed by atoms with Crippen LogP contribution in [0, 0.1) is 0 Å². The van der Waals surface area contributed by atoms with Crippen molar-refractivity contribution in [3.8, 4) is 39.1 Å². The summed E-state index contributed by atoms with van der Waals surface area (Å²) in [7, 11) is 0. The zero-order valence-electron chi connectivity index (χ0n) is 36.1. The van der Waals surface area contributed by atoms with E-state index in [9.17, 15) is 0 Å². The first-order valence-electron chi connectivity index (χ1n) is 23.0. The van der Waals surface area contributed by atoms with Crippen molar-refractivity contribution in [1.29, 1.82) is 0 Å². The molecule has 0 unspecified atom stereocenters. The van der Waals surface area contributed by atoms with Gasteiger partial charge in [0, 0.05) is 16.5 Å². The van der Waals surface area contributed by atoms with E-state index in [1.54, 1.807) is 0 Å². The van der Waals surface area contributed by atoms with Crippen LogP contribution < -0.4 is 0 Å². The van der Waals surface area contributed by atoms with Crippen LogP contribution in [-0.2, 0) is 5.41 Å². The van der Waals surface area contributed by atoms with Crippen LogP contribution in [0.4, 0.5) is 0 Å². The van der Waals surface area contributed by atoms with Crippen molar-refractivity contribution in [1.82, 2.24) is 4.57 Å². The third-order valence-corrected chi connectivity index (χ3v) is 14.7. The molecule has 0 bridgehead atoms. The standard InChI is InChI=1S/C65H41N/c1-3-18-44(19-4-1)65(45-20-5-2-6-21-45)59-31-14-11-25-51(59)52-39-36-43(40-60(52)65)63-56-30-17-29-47(57(56)41-58-50-24-8-7-22-48(50)49-23-9-10-28-55(49)64(58)63)42-34-37-46(38-35-42)66-61-32-15-12-26-53(61)54-27-13-16-33-62(54)66/h1-41H. The highest BCUT2D eigenvalue weighted by molar-refractivity contribution is 6.33. The summed E-state index contributed by atoms with van der Waals surface area (Å²) in [5.41, 5.74) is 15.7. The molecule has 0 spiro atoms. The topological polar surface area (TPSA) is 4.93 Å². The molecule has 0 N–H and O–H groups in total. The third-order valence-electron chi connectivity index (χ3n) is 14.7. The second-order valence-electron chi connectivity index (χ2n) is 17.9. The van der Waals surface area contributed by atoms with E-state index >= 15 is 0 Å².